The van der Waals surface area contributed by atoms with Crippen LogP contribution in [0.1, 0.15) is 11.4 Å². The summed E-state index contributed by atoms with van der Waals surface area (Å²) in [6.45, 7) is 2.62. The van der Waals surface area contributed by atoms with Gasteiger partial charge in [0.2, 0.25) is 5.91 Å². The third-order valence-corrected chi connectivity index (χ3v) is 4.88. The summed E-state index contributed by atoms with van der Waals surface area (Å²) in [7, 11) is 0. The number of benzene rings is 2. The molecule has 0 fully saturated rings. The lowest BCUT2D eigenvalue weighted by atomic mass is 10.1. The summed E-state index contributed by atoms with van der Waals surface area (Å²) in [5.41, 5.74) is 1.34. The summed E-state index contributed by atoms with van der Waals surface area (Å²) in [5.74, 6) is 0.923. The van der Waals surface area contributed by atoms with Crippen LogP contribution in [-0.4, -0.2) is 39.3 Å². The number of aromatic nitrogens is 4. The van der Waals surface area contributed by atoms with E-state index in [4.69, 9.17) is 9.47 Å². The van der Waals surface area contributed by atoms with Crippen LogP contribution < -0.4 is 14.8 Å². The first kappa shape index (κ1) is 18.4. The van der Waals surface area contributed by atoms with Crippen molar-refractivity contribution in [2.75, 3.05) is 18.5 Å². The molecule has 0 spiro atoms. The number of carbonyl (C=O) groups is 1. The minimum Gasteiger partial charge on any atom is -0.486 e. The quantitative estimate of drug-likeness (QED) is 0.660. The third-order valence-electron chi connectivity index (χ3n) is 4.15. The van der Waals surface area contributed by atoms with Crippen molar-refractivity contribution in [2.24, 2.45) is 0 Å². The number of hydrogen-bond donors (Lipinski definition) is 1. The fourth-order valence-corrected chi connectivity index (χ4v) is 3.29. The molecule has 0 unspecified atom stereocenters. The molecule has 1 aliphatic rings. The highest BCUT2D eigenvalue weighted by Crippen LogP contribution is 2.35. The highest BCUT2D eigenvalue weighted by molar-refractivity contribution is 9.10. The highest BCUT2D eigenvalue weighted by Gasteiger charge is 2.17. The molecule has 2 aromatic carbocycles. The van der Waals surface area contributed by atoms with E-state index in [0.717, 1.165) is 10.0 Å². The van der Waals surface area contributed by atoms with E-state index in [-0.39, 0.29) is 18.0 Å². The van der Waals surface area contributed by atoms with Crippen molar-refractivity contribution in [1.29, 1.82) is 0 Å². The first-order valence-electron chi connectivity index (χ1n) is 8.44. The van der Waals surface area contributed by atoms with Gasteiger partial charge in [-0.1, -0.05) is 15.9 Å². The van der Waals surface area contributed by atoms with Gasteiger partial charge in [0.15, 0.2) is 17.3 Å². The average Bonchev–Trinajstić information content (AvgIpc) is 3.09. The Morgan fingerprint density at radius 2 is 2.00 bits per heavy atom. The summed E-state index contributed by atoms with van der Waals surface area (Å²) in [4.78, 5) is 12.5. The zero-order chi connectivity index (χ0) is 19.7. The topological polar surface area (TPSA) is 91.2 Å². The number of fused-ring (bicyclic) bond motifs is 1. The fourth-order valence-electron chi connectivity index (χ4n) is 2.83. The summed E-state index contributed by atoms with van der Waals surface area (Å²) in [6.07, 6.45) is 0.105. The second kappa shape index (κ2) is 7.55. The summed E-state index contributed by atoms with van der Waals surface area (Å²) in [5, 5.41) is 13.8. The molecule has 1 amide bonds. The van der Waals surface area contributed by atoms with Crippen LogP contribution >= 0.6 is 15.9 Å². The van der Waals surface area contributed by atoms with Gasteiger partial charge in [0, 0.05) is 10.2 Å². The second-order valence-corrected chi connectivity index (χ2v) is 6.97. The average molecular weight is 448 g/mol. The van der Waals surface area contributed by atoms with Crippen molar-refractivity contribution >= 4 is 27.5 Å². The van der Waals surface area contributed by atoms with Crippen LogP contribution in [0.2, 0.25) is 0 Å². The standard InChI is InChI=1S/C18H15BrFN5O3/c1-10-22-23-24-25(10)15-8-12(2-3-14(15)20)21-18(26)7-11-6-16-17(9-13(11)19)28-5-4-27-16/h2-3,6,8-9H,4-5,7H2,1H3,(H,21,26). The SMILES string of the molecule is Cc1nnnn1-c1cc(NC(=O)Cc2cc3c(cc2Br)OCCO3)ccc1F. The van der Waals surface area contributed by atoms with Crippen molar-refractivity contribution in [3.63, 3.8) is 0 Å². The number of hydrogen-bond acceptors (Lipinski definition) is 6. The molecule has 1 aromatic heterocycles. The van der Waals surface area contributed by atoms with Gasteiger partial charge < -0.3 is 14.8 Å². The first-order chi connectivity index (χ1) is 13.5. The largest absolute Gasteiger partial charge is 0.486 e. The molecular weight excluding hydrogens is 433 g/mol. The van der Waals surface area contributed by atoms with E-state index < -0.39 is 5.82 Å². The van der Waals surface area contributed by atoms with Crippen LogP contribution in [0.4, 0.5) is 10.1 Å². The molecule has 1 aliphatic heterocycles. The number of nitrogens with one attached hydrogen (secondary N) is 1. The van der Waals surface area contributed by atoms with Gasteiger partial charge in [-0.2, -0.15) is 4.68 Å². The number of carbonyl (C=O) groups excluding carboxylic acids is 1. The maximum absolute atomic E-state index is 14.1. The zero-order valence-electron chi connectivity index (χ0n) is 14.8. The van der Waals surface area contributed by atoms with Crippen LogP contribution in [0.5, 0.6) is 11.5 Å². The molecule has 2 heterocycles. The number of anilines is 1. The summed E-state index contributed by atoms with van der Waals surface area (Å²) in [6, 6.07) is 7.78. The molecule has 0 saturated heterocycles. The van der Waals surface area contributed by atoms with Crippen LogP contribution in [0.3, 0.4) is 0 Å². The van der Waals surface area contributed by atoms with E-state index in [1.54, 1.807) is 19.1 Å². The Morgan fingerprint density at radius 1 is 1.25 bits per heavy atom. The lowest BCUT2D eigenvalue weighted by molar-refractivity contribution is -0.115. The van der Waals surface area contributed by atoms with Gasteiger partial charge in [0.05, 0.1) is 6.42 Å². The monoisotopic (exact) mass is 447 g/mol. The minimum absolute atomic E-state index is 0.105. The molecular formula is C18H15BrFN5O3. The fraction of sp³-hybridized carbons (Fsp3) is 0.222. The maximum atomic E-state index is 14.1. The van der Waals surface area contributed by atoms with Crippen molar-refractivity contribution in [2.45, 2.75) is 13.3 Å². The Balaban J connectivity index is 1.52. The number of rotatable bonds is 4. The highest BCUT2D eigenvalue weighted by atomic mass is 79.9. The van der Waals surface area contributed by atoms with Gasteiger partial charge in [-0.15, -0.1) is 5.10 Å². The second-order valence-electron chi connectivity index (χ2n) is 6.12. The van der Waals surface area contributed by atoms with E-state index >= 15 is 0 Å². The number of ether oxygens (including phenoxy) is 2. The van der Waals surface area contributed by atoms with E-state index in [0.29, 0.717) is 36.2 Å². The van der Waals surface area contributed by atoms with Crippen molar-refractivity contribution in [3.05, 3.63) is 52.0 Å². The number of amides is 1. The van der Waals surface area contributed by atoms with Crippen LogP contribution in [0.25, 0.3) is 5.69 Å². The van der Waals surface area contributed by atoms with Crippen LogP contribution in [0.15, 0.2) is 34.8 Å². The molecule has 0 atom stereocenters. The van der Waals surface area contributed by atoms with Crippen LogP contribution in [0, 0.1) is 12.7 Å². The predicted molar refractivity (Wildman–Crippen MR) is 101 cm³/mol. The predicted octanol–water partition coefficient (Wildman–Crippen LogP) is 2.82. The lowest BCUT2D eigenvalue weighted by Crippen LogP contribution is -2.17. The number of nitrogens with zero attached hydrogens (tertiary/aromatic N) is 4. The first-order valence-corrected chi connectivity index (χ1v) is 9.23. The normalized spacial score (nSPS) is 12.7. The van der Waals surface area contributed by atoms with Gasteiger partial charge in [-0.05, 0) is 53.2 Å². The van der Waals surface area contributed by atoms with Gasteiger partial charge in [-0.3, -0.25) is 4.79 Å². The molecule has 4 rings (SSSR count). The van der Waals surface area contributed by atoms with Crippen molar-refractivity contribution in [1.82, 2.24) is 20.2 Å². The molecule has 3 aromatic rings. The van der Waals surface area contributed by atoms with Crippen LogP contribution in [-0.2, 0) is 11.2 Å². The number of halogens is 2. The summed E-state index contributed by atoms with van der Waals surface area (Å²) >= 11 is 3.45. The Morgan fingerprint density at radius 3 is 2.71 bits per heavy atom. The molecule has 0 saturated carbocycles. The van der Waals surface area contributed by atoms with E-state index in [2.05, 4.69) is 36.8 Å². The minimum atomic E-state index is -0.497. The van der Waals surface area contributed by atoms with E-state index in [1.165, 1.54) is 22.9 Å². The smallest absolute Gasteiger partial charge is 0.228 e. The number of tetrazole rings is 1. The molecule has 0 bridgehead atoms. The van der Waals surface area contributed by atoms with Gasteiger partial charge in [0.1, 0.15) is 24.7 Å². The van der Waals surface area contributed by atoms with E-state index in [9.17, 15) is 9.18 Å². The van der Waals surface area contributed by atoms with E-state index in [1.807, 2.05) is 0 Å². The Kier molecular flexibility index (Phi) is 4.95. The number of aryl methyl sites for hydroxylation is 1. The zero-order valence-corrected chi connectivity index (χ0v) is 16.4. The van der Waals surface area contributed by atoms with Gasteiger partial charge >= 0.3 is 0 Å². The van der Waals surface area contributed by atoms with Crippen molar-refractivity contribution < 1.29 is 18.7 Å². The molecule has 0 aliphatic carbocycles. The molecule has 10 heteroatoms. The molecule has 0 radical (unpaired) electrons. The lowest BCUT2D eigenvalue weighted by Gasteiger charge is -2.20. The Labute approximate surface area is 167 Å². The Hall–Kier alpha value is -3.01. The third kappa shape index (κ3) is 3.68. The molecule has 28 heavy (non-hydrogen) atoms. The molecule has 1 N–H and O–H groups in total. The van der Waals surface area contributed by atoms with Gasteiger partial charge in [-0.25, -0.2) is 4.39 Å². The summed E-state index contributed by atoms with van der Waals surface area (Å²) < 4.78 is 27.2. The maximum Gasteiger partial charge on any atom is 0.228 e. The van der Waals surface area contributed by atoms with Gasteiger partial charge in [0.25, 0.3) is 0 Å². The molecule has 8 nitrogen and oxygen atoms in total. The molecule has 144 valence electrons. The Bertz CT molecular complexity index is 1060. The van der Waals surface area contributed by atoms with Crippen molar-refractivity contribution in [3.8, 4) is 17.2 Å².